The van der Waals surface area contributed by atoms with E-state index in [-0.39, 0.29) is 24.3 Å². The molecule has 4 rings (SSSR count). The molecule has 0 aliphatic carbocycles. The number of carbonyl (C=O) groups excluding carboxylic acids is 2. The van der Waals surface area contributed by atoms with Crippen LogP contribution in [0.25, 0.3) is 0 Å². The summed E-state index contributed by atoms with van der Waals surface area (Å²) in [5.74, 6) is 0.281. The number of hydrogen-bond donors (Lipinski definition) is 1. The Hall–Kier alpha value is -2.86. The molecule has 140 valence electrons. The lowest BCUT2D eigenvalue weighted by Crippen LogP contribution is -3.19. The van der Waals surface area contributed by atoms with E-state index >= 15 is 0 Å². The number of imide groups is 1. The number of ether oxygens (including phenoxy) is 1. The number of nitrogens with zero attached hydrogens (tertiary/aromatic N) is 2. The summed E-state index contributed by atoms with van der Waals surface area (Å²) in [7, 11) is 1.55. The van der Waals surface area contributed by atoms with Crippen molar-refractivity contribution >= 4 is 23.2 Å². The maximum atomic E-state index is 13.1. The number of rotatable bonds is 4. The average Bonchev–Trinajstić information content (AvgIpc) is 3.02. The number of anilines is 2. The average molecular weight is 366 g/mol. The van der Waals surface area contributed by atoms with Crippen LogP contribution in [0.1, 0.15) is 6.42 Å². The van der Waals surface area contributed by atoms with Crippen LogP contribution in [-0.2, 0) is 9.59 Å². The Morgan fingerprint density at radius 2 is 1.63 bits per heavy atom. The minimum absolute atomic E-state index is 0.118. The van der Waals surface area contributed by atoms with Crippen molar-refractivity contribution in [3.63, 3.8) is 0 Å². The van der Waals surface area contributed by atoms with Gasteiger partial charge in [0.25, 0.3) is 5.91 Å². The van der Waals surface area contributed by atoms with E-state index in [1.165, 1.54) is 15.5 Å². The van der Waals surface area contributed by atoms with Gasteiger partial charge in [0.15, 0.2) is 6.04 Å². The zero-order valence-corrected chi connectivity index (χ0v) is 15.4. The lowest BCUT2D eigenvalue weighted by molar-refractivity contribution is -0.915. The van der Waals surface area contributed by atoms with Crippen molar-refractivity contribution in [3.05, 3.63) is 54.6 Å². The molecule has 2 fully saturated rings. The minimum atomic E-state index is -0.305. The quantitative estimate of drug-likeness (QED) is 0.811. The fraction of sp³-hybridized carbons (Fsp3) is 0.333. The van der Waals surface area contributed by atoms with Crippen molar-refractivity contribution in [2.45, 2.75) is 12.5 Å². The van der Waals surface area contributed by atoms with E-state index in [0.29, 0.717) is 11.4 Å². The molecule has 2 saturated heterocycles. The Morgan fingerprint density at radius 1 is 0.963 bits per heavy atom. The number of carbonyl (C=O) groups is 2. The van der Waals surface area contributed by atoms with Crippen molar-refractivity contribution < 1.29 is 19.2 Å². The van der Waals surface area contributed by atoms with Crippen LogP contribution >= 0.6 is 0 Å². The van der Waals surface area contributed by atoms with Gasteiger partial charge < -0.3 is 14.5 Å². The number of quaternary nitrogens is 1. The second-order valence-electron chi connectivity index (χ2n) is 6.98. The first-order valence-electron chi connectivity index (χ1n) is 9.33. The van der Waals surface area contributed by atoms with Crippen LogP contribution in [0.15, 0.2) is 54.6 Å². The highest BCUT2D eigenvalue weighted by Gasteiger charge is 2.47. The summed E-state index contributed by atoms with van der Waals surface area (Å²) in [5, 5.41) is 0. The maximum Gasteiger partial charge on any atom is 0.292 e. The maximum absolute atomic E-state index is 13.1. The van der Waals surface area contributed by atoms with E-state index in [0.717, 1.165) is 26.2 Å². The van der Waals surface area contributed by atoms with Crippen molar-refractivity contribution in [3.8, 4) is 5.75 Å². The van der Waals surface area contributed by atoms with E-state index < -0.39 is 0 Å². The van der Waals surface area contributed by atoms with Gasteiger partial charge in [0, 0.05) is 5.69 Å². The Kier molecular flexibility index (Phi) is 4.81. The molecular weight excluding hydrogens is 342 g/mol. The second-order valence-corrected chi connectivity index (χ2v) is 6.98. The van der Waals surface area contributed by atoms with E-state index in [2.05, 4.69) is 17.0 Å². The van der Waals surface area contributed by atoms with E-state index in [1.54, 1.807) is 19.2 Å². The van der Waals surface area contributed by atoms with Crippen LogP contribution < -0.4 is 19.4 Å². The van der Waals surface area contributed by atoms with Crippen molar-refractivity contribution in [2.24, 2.45) is 0 Å². The van der Waals surface area contributed by atoms with E-state index in [4.69, 9.17) is 4.74 Å². The molecule has 2 aromatic carbocycles. The number of amides is 2. The Morgan fingerprint density at radius 3 is 2.33 bits per heavy atom. The van der Waals surface area contributed by atoms with Crippen molar-refractivity contribution in [2.75, 3.05) is 43.1 Å². The smallest absolute Gasteiger partial charge is 0.292 e. The van der Waals surface area contributed by atoms with Gasteiger partial charge in [-0.1, -0.05) is 30.3 Å². The first-order valence-corrected chi connectivity index (χ1v) is 9.33. The van der Waals surface area contributed by atoms with Gasteiger partial charge in [-0.2, -0.15) is 0 Å². The highest BCUT2D eigenvalue weighted by atomic mass is 16.5. The molecule has 0 bridgehead atoms. The third-order valence-corrected chi connectivity index (χ3v) is 5.49. The number of nitrogens with one attached hydrogen (secondary N) is 1. The Labute approximate surface area is 158 Å². The van der Waals surface area contributed by atoms with Gasteiger partial charge in [-0.15, -0.1) is 0 Å². The lowest BCUT2D eigenvalue weighted by Gasteiger charge is -2.35. The van der Waals surface area contributed by atoms with Gasteiger partial charge in [-0.25, -0.2) is 4.90 Å². The molecule has 2 heterocycles. The molecule has 2 aromatic rings. The van der Waals surface area contributed by atoms with Gasteiger partial charge in [0.2, 0.25) is 5.91 Å². The fourth-order valence-corrected chi connectivity index (χ4v) is 4.06. The number of para-hydroxylation sites is 3. The molecular formula is C21H24N3O3+. The first-order chi connectivity index (χ1) is 13.2. The summed E-state index contributed by atoms with van der Waals surface area (Å²) in [6.45, 7) is 3.45. The SMILES string of the molecule is COc1ccccc1N1C(=O)C[C@@H]([NH+]2CCN(c3ccccc3)CC2)C1=O. The molecule has 0 unspecified atom stereocenters. The lowest BCUT2D eigenvalue weighted by atomic mass is 10.1. The van der Waals surface area contributed by atoms with Crippen molar-refractivity contribution in [1.82, 2.24) is 0 Å². The van der Waals surface area contributed by atoms with Crippen LogP contribution in [0.5, 0.6) is 5.75 Å². The third kappa shape index (κ3) is 3.28. The number of benzene rings is 2. The molecule has 0 saturated carbocycles. The Balaban J connectivity index is 1.47. The summed E-state index contributed by atoms with van der Waals surface area (Å²) in [6.07, 6.45) is 0.261. The predicted octanol–water partition coefficient (Wildman–Crippen LogP) is 0.732. The van der Waals surface area contributed by atoms with Gasteiger partial charge in [0.05, 0.1) is 45.4 Å². The van der Waals surface area contributed by atoms with Gasteiger partial charge in [-0.3, -0.25) is 9.59 Å². The van der Waals surface area contributed by atoms with Crippen LogP contribution in [0.3, 0.4) is 0 Å². The van der Waals surface area contributed by atoms with Crippen LogP contribution in [0, 0.1) is 0 Å². The molecule has 6 heteroatoms. The van der Waals surface area contributed by atoms with Gasteiger partial charge in [0.1, 0.15) is 5.75 Å². The van der Waals surface area contributed by atoms with Crippen LogP contribution in [-0.4, -0.2) is 51.1 Å². The van der Waals surface area contributed by atoms with Gasteiger partial charge in [-0.05, 0) is 24.3 Å². The summed E-state index contributed by atoms with van der Waals surface area (Å²) in [6, 6.07) is 17.2. The standard InChI is InChI=1S/C21H23N3O3/c1-27-19-10-6-5-9-17(19)24-20(25)15-18(21(24)26)23-13-11-22(12-14-23)16-7-3-2-4-8-16/h2-10,18H,11-15H2,1H3/p+1/t18-/m1/s1. The zero-order chi connectivity index (χ0) is 18.8. The van der Waals surface area contributed by atoms with Crippen molar-refractivity contribution in [1.29, 1.82) is 0 Å². The molecule has 0 radical (unpaired) electrons. The Bertz CT molecular complexity index is 832. The number of piperazine rings is 1. The highest BCUT2D eigenvalue weighted by molar-refractivity contribution is 6.22. The molecule has 6 nitrogen and oxygen atoms in total. The second kappa shape index (κ2) is 7.40. The minimum Gasteiger partial charge on any atom is -0.495 e. The molecule has 0 spiro atoms. The fourth-order valence-electron chi connectivity index (χ4n) is 4.06. The number of hydrogen-bond acceptors (Lipinski definition) is 4. The monoisotopic (exact) mass is 366 g/mol. The van der Waals surface area contributed by atoms with Crippen LogP contribution in [0.4, 0.5) is 11.4 Å². The molecule has 1 N–H and O–H groups in total. The topological polar surface area (TPSA) is 54.3 Å². The summed E-state index contributed by atoms with van der Waals surface area (Å²) >= 11 is 0. The summed E-state index contributed by atoms with van der Waals surface area (Å²) < 4.78 is 5.34. The highest BCUT2D eigenvalue weighted by Crippen LogP contribution is 2.31. The summed E-state index contributed by atoms with van der Waals surface area (Å²) in [5.41, 5.74) is 1.75. The molecule has 2 aliphatic heterocycles. The third-order valence-electron chi connectivity index (χ3n) is 5.49. The largest absolute Gasteiger partial charge is 0.495 e. The normalized spacial score (nSPS) is 21.0. The predicted molar refractivity (Wildman–Crippen MR) is 103 cm³/mol. The molecule has 2 amide bonds. The van der Waals surface area contributed by atoms with Gasteiger partial charge >= 0.3 is 0 Å². The molecule has 0 aromatic heterocycles. The molecule has 27 heavy (non-hydrogen) atoms. The summed E-state index contributed by atoms with van der Waals surface area (Å²) in [4.78, 5) is 30.5. The van der Waals surface area contributed by atoms with Crippen LogP contribution in [0.2, 0.25) is 0 Å². The molecule has 2 aliphatic rings. The van der Waals surface area contributed by atoms with E-state index in [9.17, 15) is 9.59 Å². The number of methoxy groups -OCH3 is 1. The zero-order valence-electron chi connectivity index (χ0n) is 15.4. The molecule has 1 atom stereocenters. The van der Waals surface area contributed by atoms with E-state index in [1.807, 2.05) is 30.3 Å². The first kappa shape index (κ1) is 17.5.